The van der Waals surface area contributed by atoms with Crippen LogP contribution in [0.1, 0.15) is 42.0 Å². The first-order valence-electron chi connectivity index (χ1n) is 6.00. The second-order valence-corrected chi connectivity index (χ2v) is 4.50. The number of hydrogen-bond acceptors (Lipinski definition) is 2. The lowest BCUT2D eigenvalue weighted by Gasteiger charge is -2.24. The second-order valence-electron chi connectivity index (χ2n) is 4.50. The Kier molecular flexibility index (Phi) is 4.55. The normalized spacial score (nSPS) is 13.2. The monoisotopic (exact) mass is 274 g/mol. The van der Waals surface area contributed by atoms with Crippen molar-refractivity contribution in [1.29, 1.82) is 0 Å². The Morgan fingerprint density at radius 1 is 1.42 bits per heavy atom. The number of carbonyl (C=O) groups excluding carboxylic acids is 1. The summed E-state index contributed by atoms with van der Waals surface area (Å²) in [5, 5.41) is 0. The van der Waals surface area contributed by atoms with Gasteiger partial charge in [-0.25, -0.2) is 4.98 Å². The summed E-state index contributed by atoms with van der Waals surface area (Å²) in [6.45, 7) is 5.23. The Labute approximate surface area is 110 Å². The first kappa shape index (κ1) is 15.5. The van der Waals surface area contributed by atoms with Crippen LogP contribution in [0.5, 0.6) is 0 Å². The summed E-state index contributed by atoms with van der Waals surface area (Å²) in [5.74, 6) is -0.312. The van der Waals surface area contributed by atoms with Crippen molar-refractivity contribution in [2.24, 2.45) is 0 Å². The summed E-state index contributed by atoms with van der Waals surface area (Å²) >= 11 is 0. The highest BCUT2D eigenvalue weighted by atomic mass is 19.4. The van der Waals surface area contributed by atoms with E-state index in [9.17, 15) is 18.0 Å². The Hall–Kier alpha value is -1.59. The van der Waals surface area contributed by atoms with Crippen molar-refractivity contribution in [1.82, 2.24) is 9.88 Å². The van der Waals surface area contributed by atoms with E-state index in [0.29, 0.717) is 0 Å². The van der Waals surface area contributed by atoms with Gasteiger partial charge in [0.05, 0.1) is 11.3 Å². The molecule has 1 amide bonds. The van der Waals surface area contributed by atoms with Crippen molar-refractivity contribution >= 4 is 5.91 Å². The van der Waals surface area contributed by atoms with Crippen molar-refractivity contribution in [3.05, 3.63) is 29.1 Å². The number of hydrogen-bond donors (Lipinski definition) is 0. The zero-order valence-corrected chi connectivity index (χ0v) is 11.4. The lowest BCUT2D eigenvalue weighted by molar-refractivity contribution is -0.141. The van der Waals surface area contributed by atoms with E-state index < -0.39 is 11.9 Å². The predicted molar refractivity (Wildman–Crippen MR) is 65.8 cm³/mol. The molecular weight excluding hydrogens is 257 g/mol. The molecule has 6 heteroatoms. The van der Waals surface area contributed by atoms with E-state index in [4.69, 9.17) is 0 Å². The van der Waals surface area contributed by atoms with Gasteiger partial charge in [0.15, 0.2) is 0 Å². The first-order valence-corrected chi connectivity index (χ1v) is 6.00. The average molecular weight is 274 g/mol. The molecule has 0 aromatic carbocycles. The molecule has 1 aromatic heterocycles. The van der Waals surface area contributed by atoms with Crippen LogP contribution in [0.2, 0.25) is 0 Å². The van der Waals surface area contributed by atoms with Crippen LogP contribution in [0.25, 0.3) is 0 Å². The van der Waals surface area contributed by atoms with Gasteiger partial charge in [0.25, 0.3) is 5.91 Å². The minimum absolute atomic E-state index is 0.0224. The maximum atomic E-state index is 12.5. The molecule has 19 heavy (non-hydrogen) atoms. The second kappa shape index (κ2) is 5.59. The molecule has 0 radical (unpaired) electrons. The molecule has 0 N–H and O–H groups in total. The van der Waals surface area contributed by atoms with Crippen LogP contribution in [-0.2, 0) is 6.18 Å². The van der Waals surface area contributed by atoms with Crippen LogP contribution in [-0.4, -0.2) is 28.9 Å². The summed E-state index contributed by atoms with van der Waals surface area (Å²) < 4.78 is 37.5. The van der Waals surface area contributed by atoms with Gasteiger partial charge in [-0.05, 0) is 32.4 Å². The predicted octanol–water partition coefficient (Wildman–Crippen LogP) is 3.28. The van der Waals surface area contributed by atoms with Gasteiger partial charge >= 0.3 is 6.18 Å². The topological polar surface area (TPSA) is 33.2 Å². The molecule has 1 heterocycles. The van der Waals surface area contributed by atoms with E-state index in [-0.39, 0.29) is 23.2 Å². The van der Waals surface area contributed by atoms with Gasteiger partial charge in [0.1, 0.15) is 5.69 Å². The van der Waals surface area contributed by atoms with Crippen LogP contribution in [0, 0.1) is 6.92 Å². The number of halogens is 3. The van der Waals surface area contributed by atoms with Crippen molar-refractivity contribution in [3.63, 3.8) is 0 Å². The lowest BCUT2D eigenvalue weighted by atomic mass is 10.1. The Morgan fingerprint density at radius 3 is 2.42 bits per heavy atom. The summed E-state index contributed by atoms with van der Waals surface area (Å²) in [7, 11) is 1.63. The van der Waals surface area contributed by atoms with Crippen LogP contribution >= 0.6 is 0 Å². The lowest BCUT2D eigenvalue weighted by Crippen LogP contribution is -2.35. The van der Waals surface area contributed by atoms with Gasteiger partial charge in [-0.2, -0.15) is 13.2 Å². The van der Waals surface area contributed by atoms with E-state index in [1.165, 1.54) is 17.9 Å². The van der Waals surface area contributed by atoms with E-state index in [1.54, 1.807) is 7.05 Å². The van der Waals surface area contributed by atoms with Gasteiger partial charge in [0, 0.05) is 13.1 Å². The molecule has 1 unspecified atom stereocenters. The summed E-state index contributed by atoms with van der Waals surface area (Å²) in [6, 6.07) is 2.05. The number of aromatic nitrogens is 1. The van der Waals surface area contributed by atoms with Crippen LogP contribution in [0.15, 0.2) is 12.1 Å². The molecule has 0 aliphatic heterocycles. The van der Waals surface area contributed by atoms with E-state index >= 15 is 0 Å². The number of nitrogens with zero attached hydrogens (tertiary/aromatic N) is 2. The molecule has 0 saturated heterocycles. The van der Waals surface area contributed by atoms with Gasteiger partial charge in [-0.3, -0.25) is 4.79 Å². The molecule has 3 nitrogen and oxygen atoms in total. The van der Waals surface area contributed by atoms with Crippen LogP contribution < -0.4 is 0 Å². The fraction of sp³-hybridized carbons (Fsp3) is 0.538. The van der Waals surface area contributed by atoms with E-state index in [2.05, 4.69) is 4.98 Å². The number of carbonyl (C=O) groups is 1. The summed E-state index contributed by atoms with van der Waals surface area (Å²) in [5.41, 5.74) is -0.682. The molecule has 0 bridgehead atoms. The highest BCUT2D eigenvalue weighted by Gasteiger charge is 2.33. The van der Waals surface area contributed by atoms with Gasteiger partial charge in [-0.15, -0.1) is 0 Å². The maximum absolute atomic E-state index is 12.5. The number of alkyl halides is 3. The van der Waals surface area contributed by atoms with E-state index in [0.717, 1.165) is 12.5 Å². The fourth-order valence-electron chi connectivity index (χ4n) is 1.61. The zero-order valence-electron chi connectivity index (χ0n) is 11.4. The molecule has 1 aromatic rings. The van der Waals surface area contributed by atoms with Crippen LogP contribution in [0.3, 0.4) is 0 Å². The molecule has 106 valence electrons. The Morgan fingerprint density at radius 2 is 2.00 bits per heavy atom. The molecule has 0 fully saturated rings. The standard InChI is InChI=1S/C13H17F3N2O/c1-5-8(2)18(4)12(19)10-6-7-11(13(14,15)16)17-9(10)3/h6-8H,5H2,1-4H3. The number of pyridine rings is 1. The third kappa shape index (κ3) is 3.45. The maximum Gasteiger partial charge on any atom is 0.433 e. The SMILES string of the molecule is CCC(C)N(C)C(=O)c1ccc(C(F)(F)F)nc1C. The van der Waals surface area contributed by atoms with Crippen LogP contribution in [0.4, 0.5) is 13.2 Å². The molecule has 1 atom stereocenters. The number of aryl methyl sites for hydroxylation is 1. The smallest absolute Gasteiger partial charge is 0.339 e. The highest BCUT2D eigenvalue weighted by molar-refractivity contribution is 5.95. The Bertz CT molecular complexity index is 471. The molecule has 0 spiro atoms. The quantitative estimate of drug-likeness (QED) is 0.847. The number of amides is 1. The number of rotatable bonds is 3. The highest BCUT2D eigenvalue weighted by Crippen LogP contribution is 2.28. The van der Waals surface area contributed by atoms with Crippen molar-refractivity contribution in [2.45, 2.75) is 39.4 Å². The molecular formula is C13H17F3N2O. The van der Waals surface area contributed by atoms with Gasteiger partial charge < -0.3 is 4.90 Å². The minimum Gasteiger partial charge on any atom is -0.339 e. The molecule has 1 rings (SSSR count). The van der Waals surface area contributed by atoms with Crippen molar-refractivity contribution < 1.29 is 18.0 Å². The molecule has 0 aliphatic carbocycles. The molecule has 0 saturated carbocycles. The zero-order chi connectivity index (χ0) is 14.8. The van der Waals surface area contributed by atoms with Crippen molar-refractivity contribution in [3.8, 4) is 0 Å². The first-order chi connectivity index (χ1) is 8.68. The molecule has 0 aliphatic rings. The van der Waals surface area contributed by atoms with Crippen molar-refractivity contribution in [2.75, 3.05) is 7.05 Å². The Balaban J connectivity index is 3.07. The largest absolute Gasteiger partial charge is 0.433 e. The fourth-order valence-corrected chi connectivity index (χ4v) is 1.61. The van der Waals surface area contributed by atoms with Gasteiger partial charge in [0.2, 0.25) is 0 Å². The third-order valence-corrected chi connectivity index (χ3v) is 3.18. The van der Waals surface area contributed by atoms with E-state index in [1.807, 2.05) is 13.8 Å². The average Bonchev–Trinajstić information content (AvgIpc) is 2.34. The summed E-state index contributed by atoms with van der Waals surface area (Å²) in [6.07, 6.45) is -3.72. The minimum atomic E-state index is -4.49. The summed E-state index contributed by atoms with van der Waals surface area (Å²) in [4.78, 5) is 17.1. The third-order valence-electron chi connectivity index (χ3n) is 3.18. The van der Waals surface area contributed by atoms with Gasteiger partial charge in [-0.1, -0.05) is 6.92 Å².